The summed E-state index contributed by atoms with van der Waals surface area (Å²) in [7, 11) is 0. The van der Waals surface area contributed by atoms with Gasteiger partial charge >= 0.3 is 5.97 Å². The first-order valence-electron chi connectivity index (χ1n) is 7.91. The van der Waals surface area contributed by atoms with E-state index in [1.54, 1.807) is 36.5 Å². The minimum Gasteiger partial charge on any atom is -0.484 e. The molecule has 2 atom stereocenters. The zero-order valence-electron chi connectivity index (χ0n) is 14.2. The highest BCUT2D eigenvalue weighted by molar-refractivity contribution is 5.66. The maximum Gasteiger partial charge on any atom is 0.303 e. The first-order chi connectivity index (χ1) is 11.8. The third-order valence-electron chi connectivity index (χ3n) is 4.25. The Morgan fingerprint density at radius 1 is 1.32 bits per heavy atom. The number of carbonyl (C=O) groups excluding carboxylic acids is 1. The fraction of sp³-hybridized carbons (Fsp3) is 0.316. The van der Waals surface area contributed by atoms with E-state index in [1.165, 1.54) is 17.6 Å². The number of pyridine rings is 1. The van der Waals surface area contributed by atoms with Crippen molar-refractivity contribution in [2.24, 2.45) is 0 Å². The number of carbonyl (C=O) groups is 1. The number of aromatic nitrogens is 1. The molecular formula is C19H18N2O4. The lowest BCUT2D eigenvalue weighted by Crippen LogP contribution is -2.54. The molecule has 0 unspecified atom stereocenters. The van der Waals surface area contributed by atoms with Gasteiger partial charge in [-0.2, -0.15) is 5.26 Å². The zero-order valence-corrected chi connectivity index (χ0v) is 14.2. The van der Waals surface area contributed by atoms with Crippen molar-refractivity contribution in [1.29, 1.82) is 5.26 Å². The van der Waals surface area contributed by atoms with E-state index in [-0.39, 0.29) is 5.56 Å². The number of esters is 1. The predicted molar refractivity (Wildman–Crippen MR) is 90.3 cm³/mol. The second-order valence-electron chi connectivity index (χ2n) is 6.49. The fourth-order valence-electron chi connectivity index (χ4n) is 3.18. The number of rotatable bonds is 2. The molecule has 0 aliphatic carbocycles. The minimum absolute atomic E-state index is 0.226. The number of nitriles is 1. The highest BCUT2D eigenvalue weighted by Gasteiger charge is 2.47. The van der Waals surface area contributed by atoms with Gasteiger partial charge in [-0.15, -0.1) is 0 Å². The van der Waals surface area contributed by atoms with E-state index >= 15 is 0 Å². The van der Waals surface area contributed by atoms with Crippen LogP contribution in [0.25, 0.3) is 0 Å². The smallest absolute Gasteiger partial charge is 0.303 e. The number of hydrogen-bond donors (Lipinski definition) is 0. The van der Waals surface area contributed by atoms with Crippen LogP contribution < -0.4 is 10.3 Å². The van der Waals surface area contributed by atoms with Gasteiger partial charge in [-0.25, -0.2) is 0 Å². The van der Waals surface area contributed by atoms with E-state index in [2.05, 4.69) is 6.07 Å². The normalized spacial score (nSPS) is 20.7. The molecule has 1 aromatic carbocycles. The van der Waals surface area contributed by atoms with Crippen molar-refractivity contribution in [3.05, 3.63) is 64.1 Å². The Kier molecular flexibility index (Phi) is 4.09. The van der Waals surface area contributed by atoms with E-state index < -0.39 is 23.7 Å². The number of ether oxygens (including phenoxy) is 2. The molecule has 6 heteroatoms. The maximum absolute atomic E-state index is 12.4. The van der Waals surface area contributed by atoms with Gasteiger partial charge in [0, 0.05) is 24.8 Å². The van der Waals surface area contributed by atoms with Crippen molar-refractivity contribution >= 4 is 5.97 Å². The fourth-order valence-corrected chi connectivity index (χ4v) is 3.18. The highest BCUT2D eigenvalue weighted by atomic mass is 16.6. The quantitative estimate of drug-likeness (QED) is 0.786. The Balaban J connectivity index is 2.28. The molecule has 0 bridgehead atoms. The number of hydrogen-bond acceptors (Lipinski definition) is 5. The lowest BCUT2D eigenvalue weighted by Gasteiger charge is -2.44. The number of fused-ring (bicyclic) bond motifs is 1. The molecule has 2 heterocycles. The minimum atomic E-state index is -0.854. The Morgan fingerprint density at radius 3 is 2.72 bits per heavy atom. The first kappa shape index (κ1) is 16.8. The molecule has 0 saturated heterocycles. The standard InChI is InChI=1S/C19H18N2O4/c1-12(22)24-18-17(21-9-5-4-6-16(21)23)14-10-13(11-20)7-8-15(14)25-19(18,2)3/h4-10,17-18H,1-3H3/t17-,18+/m1/s1. The predicted octanol–water partition coefficient (Wildman–Crippen LogP) is 2.41. The van der Waals surface area contributed by atoms with Crippen molar-refractivity contribution < 1.29 is 14.3 Å². The van der Waals surface area contributed by atoms with E-state index in [1.807, 2.05) is 13.8 Å². The van der Waals surface area contributed by atoms with Crippen LogP contribution in [0.2, 0.25) is 0 Å². The van der Waals surface area contributed by atoms with Crippen molar-refractivity contribution in [2.45, 2.75) is 38.5 Å². The molecule has 25 heavy (non-hydrogen) atoms. The first-order valence-corrected chi connectivity index (χ1v) is 7.91. The molecular weight excluding hydrogens is 320 g/mol. The van der Waals surface area contributed by atoms with Gasteiger partial charge in [0.15, 0.2) is 6.10 Å². The van der Waals surface area contributed by atoms with Crippen molar-refractivity contribution in [1.82, 2.24) is 4.57 Å². The highest BCUT2D eigenvalue weighted by Crippen LogP contribution is 2.43. The van der Waals surface area contributed by atoms with Gasteiger partial charge in [0.2, 0.25) is 0 Å². The van der Waals surface area contributed by atoms with E-state index in [0.717, 1.165) is 0 Å². The molecule has 0 spiro atoms. The number of benzene rings is 1. The van der Waals surface area contributed by atoms with Gasteiger partial charge in [0.05, 0.1) is 11.6 Å². The SMILES string of the molecule is CC(=O)O[C@H]1[C@H](n2ccccc2=O)c2cc(C#N)ccc2OC1(C)C. The van der Waals surface area contributed by atoms with Gasteiger partial charge in [-0.05, 0) is 38.1 Å². The Bertz CT molecular complexity index is 924. The van der Waals surface area contributed by atoms with Gasteiger partial charge < -0.3 is 14.0 Å². The van der Waals surface area contributed by atoms with Crippen LogP contribution >= 0.6 is 0 Å². The molecule has 2 aromatic rings. The Labute approximate surface area is 145 Å². The summed E-state index contributed by atoms with van der Waals surface area (Å²) in [5.41, 5.74) is -0.00142. The summed E-state index contributed by atoms with van der Waals surface area (Å²) in [6.45, 7) is 4.94. The van der Waals surface area contributed by atoms with Crippen LogP contribution in [0.3, 0.4) is 0 Å². The van der Waals surface area contributed by atoms with Gasteiger partial charge in [-0.3, -0.25) is 9.59 Å². The molecule has 1 aliphatic rings. The monoisotopic (exact) mass is 338 g/mol. The third kappa shape index (κ3) is 3.01. The zero-order chi connectivity index (χ0) is 18.2. The van der Waals surface area contributed by atoms with Crippen LogP contribution in [0.5, 0.6) is 5.75 Å². The summed E-state index contributed by atoms with van der Waals surface area (Å²) in [6, 6.07) is 11.4. The van der Waals surface area contributed by atoms with Crippen LogP contribution in [0.15, 0.2) is 47.4 Å². The molecule has 0 saturated carbocycles. The van der Waals surface area contributed by atoms with E-state index in [4.69, 9.17) is 9.47 Å². The summed E-state index contributed by atoms with van der Waals surface area (Å²) in [5.74, 6) is 0.101. The van der Waals surface area contributed by atoms with Gasteiger partial charge in [-0.1, -0.05) is 6.07 Å². The van der Waals surface area contributed by atoms with Crippen LogP contribution in [0.1, 0.15) is 37.9 Å². The third-order valence-corrected chi connectivity index (χ3v) is 4.25. The van der Waals surface area contributed by atoms with Crippen molar-refractivity contribution in [2.75, 3.05) is 0 Å². The van der Waals surface area contributed by atoms with Crippen molar-refractivity contribution in [3.8, 4) is 11.8 Å². The Morgan fingerprint density at radius 2 is 2.08 bits per heavy atom. The van der Waals surface area contributed by atoms with Crippen LogP contribution in [-0.2, 0) is 9.53 Å². The second kappa shape index (κ2) is 6.10. The van der Waals surface area contributed by atoms with Crippen LogP contribution in [-0.4, -0.2) is 22.2 Å². The molecule has 1 aromatic heterocycles. The molecule has 128 valence electrons. The summed E-state index contributed by atoms with van der Waals surface area (Å²) < 4.78 is 13.1. The molecule has 0 N–H and O–H groups in total. The summed E-state index contributed by atoms with van der Waals surface area (Å²) >= 11 is 0. The van der Waals surface area contributed by atoms with Gasteiger partial charge in [0.1, 0.15) is 17.4 Å². The maximum atomic E-state index is 12.4. The van der Waals surface area contributed by atoms with Gasteiger partial charge in [0.25, 0.3) is 5.56 Å². The molecule has 0 amide bonds. The van der Waals surface area contributed by atoms with E-state index in [9.17, 15) is 14.9 Å². The van der Waals surface area contributed by atoms with Crippen molar-refractivity contribution in [3.63, 3.8) is 0 Å². The molecule has 6 nitrogen and oxygen atoms in total. The second-order valence-corrected chi connectivity index (χ2v) is 6.49. The van der Waals surface area contributed by atoms with Crippen LogP contribution in [0.4, 0.5) is 0 Å². The average Bonchev–Trinajstić information content (AvgIpc) is 2.55. The average molecular weight is 338 g/mol. The summed E-state index contributed by atoms with van der Waals surface area (Å²) in [4.78, 5) is 24.1. The summed E-state index contributed by atoms with van der Waals surface area (Å²) in [6.07, 6.45) is 0.916. The largest absolute Gasteiger partial charge is 0.484 e. The topological polar surface area (TPSA) is 81.3 Å². The summed E-state index contributed by atoms with van der Waals surface area (Å²) in [5, 5.41) is 9.22. The molecule has 0 radical (unpaired) electrons. The lowest BCUT2D eigenvalue weighted by molar-refractivity contribution is -0.163. The Hall–Kier alpha value is -3.07. The van der Waals surface area contributed by atoms with Crippen LogP contribution in [0, 0.1) is 11.3 Å². The van der Waals surface area contributed by atoms with E-state index in [0.29, 0.717) is 16.9 Å². The number of nitrogens with zero attached hydrogens (tertiary/aromatic N) is 2. The lowest BCUT2D eigenvalue weighted by atomic mass is 9.85. The molecule has 0 fully saturated rings. The molecule has 3 rings (SSSR count). The molecule has 1 aliphatic heterocycles.